The van der Waals surface area contributed by atoms with E-state index in [0.717, 1.165) is 11.1 Å². The van der Waals surface area contributed by atoms with Gasteiger partial charge in [0.25, 0.3) is 5.91 Å². The molecule has 5 nitrogen and oxygen atoms in total. The maximum Gasteiger partial charge on any atom is 0.277 e. The van der Waals surface area contributed by atoms with E-state index in [1.807, 2.05) is 62.5 Å². The second-order valence-electron chi connectivity index (χ2n) is 7.62. The van der Waals surface area contributed by atoms with Crippen LogP contribution in [0.2, 0.25) is 0 Å². The number of carbonyl (C=O) groups excluding carboxylic acids is 1. The number of hydrogen-bond acceptors (Lipinski definition) is 3. The highest BCUT2D eigenvalue weighted by Gasteiger charge is 2.21. The summed E-state index contributed by atoms with van der Waals surface area (Å²) in [7, 11) is 5.08. The SMILES string of the molecule is COc1cc(C)c(CN(C)C(=O)C[NH2+]C(c2ccccc2)c2ccccc2)cc1OC. The minimum Gasteiger partial charge on any atom is -0.493 e. The number of nitrogens with zero attached hydrogens (tertiary/aromatic N) is 1. The van der Waals surface area contributed by atoms with Gasteiger partial charge in [-0.2, -0.15) is 0 Å². The van der Waals surface area contributed by atoms with Crippen molar-refractivity contribution in [3.63, 3.8) is 0 Å². The van der Waals surface area contributed by atoms with Gasteiger partial charge in [-0.15, -0.1) is 0 Å². The molecule has 0 aromatic heterocycles. The quantitative estimate of drug-likeness (QED) is 0.579. The van der Waals surface area contributed by atoms with E-state index in [1.54, 1.807) is 19.1 Å². The molecule has 0 saturated heterocycles. The Labute approximate surface area is 184 Å². The van der Waals surface area contributed by atoms with E-state index < -0.39 is 0 Å². The van der Waals surface area contributed by atoms with E-state index in [4.69, 9.17) is 9.47 Å². The first-order chi connectivity index (χ1) is 15.0. The van der Waals surface area contributed by atoms with Gasteiger partial charge in [0.2, 0.25) is 0 Å². The number of rotatable bonds is 9. The fourth-order valence-corrected chi connectivity index (χ4v) is 3.70. The Morgan fingerprint density at radius 3 is 1.94 bits per heavy atom. The molecule has 0 radical (unpaired) electrons. The van der Waals surface area contributed by atoms with Gasteiger partial charge in [0.1, 0.15) is 6.04 Å². The van der Waals surface area contributed by atoms with Crippen molar-refractivity contribution < 1.29 is 19.6 Å². The van der Waals surface area contributed by atoms with Crippen molar-refractivity contribution in [2.45, 2.75) is 19.5 Å². The number of nitrogens with two attached hydrogens (primary N) is 1. The van der Waals surface area contributed by atoms with Crippen LogP contribution in [-0.2, 0) is 11.3 Å². The van der Waals surface area contributed by atoms with Crippen LogP contribution in [0.15, 0.2) is 72.8 Å². The van der Waals surface area contributed by atoms with Crippen LogP contribution in [0.3, 0.4) is 0 Å². The minimum atomic E-state index is 0.0718. The van der Waals surface area contributed by atoms with Gasteiger partial charge in [-0.25, -0.2) is 0 Å². The number of likely N-dealkylation sites (N-methyl/N-ethyl adjacent to an activating group) is 1. The zero-order chi connectivity index (χ0) is 22.2. The summed E-state index contributed by atoms with van der Waals surface area (Å²) in [5.74, 6) is 1.44. The molecule has 0 aliphatic carbocycles. The van der Waals surface area contributed by atoms with Crippen molar-refractivity contribution in [3.05, 3.63) is 95.1 Å². The summed E-state index contributed by atoms with van der Waals surface area (Å²) in [6.45, 7) is 2.89. The van der Waals surface area contributed by atoms with Gasteiger partial charge in [-0.3, -0.25) is 4.79 Å². The Morgan fingerprint density at radius 2 is 1.42 bits per heavy atom. The lowest BCUT2D eigenvalue weighted by atomic mass is 9.99. The summed E-state index contributed by atoms with van der Waals surface area (Å²) in [4.78, 5) is 14.7. The molecule has 31 heavy (non-hydrogen) atoms. The standard InChI is InChI=1S/C26H30N2O3/c1-19-15-23(30-3)24(31-4)16-22(19)18-28(2)25(29)17-27-26(20-11-7-5-8-12-20)21-13-9-6-10-14-21/h5-16,26-27H,17-18H2,1-4H3/p+1. The molecule has 0 heterocycles. The average molecular weight is 420 g/mol. The summed E-state index contributed by atoms with van der Waals surface area (Å²) in [6, 6.07) is 24.5. The van der Waals surface area contributed by atoms with Gasteiger partial charge in [0.05, 0.1) is 14.2 Å². The van der Waals surface area contributed by atoms with Gasteiger partial charge < -0.3 is 19.7 Å². The topological polar surface area (TPSA) is 55.4 Å². The summed E-state index contributed by atoms with van der Waals surface area (Å²) in [5, 5.41) is 2.10. The number of quaternary nitrogens is 1. The average Bonchev–Trinajstić information content (AvgIpc) is 2.81. The Hall–Kier alpha value is -3.31. The lowest BCUT2D eigenvalue weighted by molar-refractivity contribution is -0.677. The summed E-state index contributed by atoms with van der Waals surface area (Å²) >= 11 is 0. The van der Waals surface area contributed by atoms with E-state index in [2.05, 4.69) is 29.6 Å². The van der Waals surface area contributed by atoms with Crippen molar-refractivity contribution in [1.82, 2.24) is 4.90 Å². The van der Waals surface area contributed by atoms with Crippen molar-refractivity contribution in [1.29, 1.82) is 0 Å². The maximum atomic E-state index is 12.9. The second-order valence-corrected chi connectivity index (χ2v) is 7.62. The van der Waals surface area contributed by atoms with Crippen LogP contribution in [0.4, 0.5) is 0 Å². The number of hydrogen-bond donors (Lipinski definition) is 1. The first-order valence-electron chi connectivity index (χ1n) is 10.4. The summed E-state index contributed by atoms with van der Waals surface area (Å²) in [6.07, 6.45) is 0. The van der Waals surface area contributed by atoms with Crippen molar-refractivity contribution in [2.75, 3.05) is 27.8 Å². The van der Waals surface area contributed by atoms with E-state index in [-0.39, 0.29) is 11.9 Å². The molecule has 1 amide bonds. The molecule has 3 aromatic carbocycles. The first-order valence-corrected chi connectivity index (χ1v) is 10.4. The van der Waals surface area contributed by atoms with Gasteiger partial charge in [0.15, 0.2) is 18.0 Å². The van der Waals surface area contributed by atoms with Gasteiger partial charge in [0, 0.05) is 24.7 Å². The zero-order valence-electron chi connectivity index (χ0n) is 18.7. The third kappa shape index (κ3) is 5.64. The fraction of sp³-hybridized carbons (Fsp3) is 0.269. The van der Waals surface area contributed by atoms with Crippen molar-refractivity contribution in [2.24, 2.45) is 0 Å². The molecule has 5 heteroatoms. The number of ether oxygens (including phenoxy) is 2. The van der Waals surface area contributed by atoms with Gasteiger partial charge >= 0.3 is 0 Å². The van der Waals surface area contributed by atoms with Crippen LogP contribution in [0.1, 0.15) is 28.3 Å². The Morgan fingerprint density at radius 1 is 0.903 bits per heavy atom. The highest BCUT2D eigenvalue weighted by atomic mass is 16.5. The lowest BCUT2D eigenvalue weighted by Gasteiger charge is -2.21. The molecule has 2 N–H and O–H groups in total. The van der Waals surface area contributed by atoms with E-state index in [9.17, 15) is 4.79 Å². The van der Waals surface area contributed by atoms with E-state index in [0.29, 0.717) is 24.6 Å². The highest BCUT2D eigenvalue weighted by molar-refractivity contribution is 5.76. The largest absolute Gasteiger partial charge is 0.493 e. The number of carbonyl (C=O) groups is 1. The van der Waals surface area contributed by atoms with Crippen LogP contribution in [0.25, 0.3) is 0 Å². The van der Waals surface area contributed by atoms with Crippen LogP contribution in [0.5, 0.6) is 11.5 Å². The molecule has 0 aliphatic rings. The number of benzene rings is 3. The predicted octanol–water partition coefficient (Wildman–Crippen LogP) is 3.32. The molecular weight excluding hydrogens is 388 g/mol. The summed E-state index contributed by atoms with van der Waals surface area (Å²) in [5.41, 5.74) is 4.46. The smallest absolute Gasteiger partial charge is 0.277 e. The maximum absolute atomic E-state index is 12.9. The molecular formula is C26H31N2O3+. The van der Waals surface area contributed by atoms with Crippen LogP contribution in [-0.4, -0.2) is 38.6 Å². The predicted molar refractivity (Wildman–Crippen MR) is 122 cm³/mol. The molecule has 3 aromatic rings. The number of amides is 1. The minimum absolute atomic E-state index is 0.0718. The molecule has 0 atom stereocenters. The number of methoxy groups -OCH3 is 2. The molecule has 0 unspecified atom stereocenters. The lowest BCUT2D eigenvalue weighted by Crippen LogP contribution is -2.87. The summed E-state index contributed by atoms with van der Waals surface area (Å²) < 4.78 is 10.8. The Bertz CT molecular complexity index is 951. The van der Waals surface area contributed by atoms with E-state index >= 15 is 0 Å². The van der Waals surface area contributed by atoms with Gasteiger partial charge in [-0.05, 0) is 30.2 Å². The van der Waals surface area contributed by atoms with Gasteiger partial charge in [-0.1, -0.05) is 60.7 Å². The fourth-order valence-electron chi connectivity index (χ4n) is 3.70. The second kappa shape index (κ2) is 10.6. The molecule has 0 aliphatic heterocycles. The zero-order valence-corrected chi connectivity index (χ0v) is 18.7. The molecule has 0 bridgehead atoms. The van der Waals surface area contributed by atoms with Crippen LogP contribution < -0.4 is 14.8 Å². The van der Waals surface area contributed by atoms with Crippen LogP contribution in [0, 0.1) is 6.92 Å². The molecule has 3 rings (SSSR count). The third-order valence-electron chi connectivity index (χ3n) is 5.52. The molecule has 0 spiro atoms. The Balaban J connectivity index is 1.70. The monoisotopic (exact) mass is 419 g/mol. The first kappa shape index (κ1) is 22.4. The molecule has 162 valence electrons. The normalized spacial score (nSPS) is 10.7. The third-order valence-corrected chi connectivity index (χ3v) is 5.52. The van der Waals surface area contributed by atoms with Crippen molar-refractivity contribution >= 4 is 5.91 Å². The highest BCUT2D eigenvalue weighted by Crippen LogP contribution is 2.30. The van der Waals surface area contributed by atoms with Crippen LogP contribution >= 0.6 is 0 Å². The molecule has 0 fully saturated rings. The molecule has 0 saturated carbocycles. The Kier molecular flexibility index (Phi) is 7.68. The van der Waals surface area contributed by atoms with E-state index in [1.165, 1.54) is 11.1 Å². The number of aryl methyl sites for hydroxylation is 1. The van der Waals surface area contributed by atoms with Crippen molar-refractivity contribution in [3.8, 4) is 11.5 Å².